The minimum absolute atomic E-state index is 0.000650. The summed E-state index contributed by atoms with van der Waals surface area (Å²) in [7, 11) is -4.35. The van der Waals surface area contributed by atoms with Crippen molar-refractivity contribution in [3.8, 4) is 5.88 Å². The van der Waals surface area contributed by atoms with Crippen LogP contribution in [0.2, 0.25) is 5.02 Å². The van der Waals surface area contributed by atoms with Crippen molar-refractivity contribution in [3.05, 3.63) is 57.2 Å². The van der Waals surface area contributed by atoms with E-state index in [1.807, 2.05) is 31.2 Å². The molecule has 2 heterocycles. The molecule has 8 nitrogen and oxygen atoms in total. The molecule has 1 aromatic heterocycles. The summed E-state index contributed by atoms with van der Waals surface area (Å²) in [4.78, 5) is 20.9. The van der Waals surface area contributed by atoms with E-state index in [1.165, 1.54) is 19.2 Å². The fourth-order valence-corrected chi connectivity index (χ4v) is 4.59. The van der Waals surface area contributed by atoms with Crippen molar-refractivity contribution in [1.29, 1.82) is 0 Å². The molecular formula is C21H25BrClN3O5S. The molecule has 1 aliphatic rings. The lowest BCUT2D eigenvalue weighted by Gasteiger charge is -2.39. The van der Waals surface area contributed by atoms with Crippen LogP contribution in [0.3, 0.4) is 0 Å². The van der Waals surface area contributed by atoms with Crippen LogP contribution < -0.4 is 4.74 Å². The molecule has 0 saturated carbocycles. The molecule has 1 N–H and O–H groups in total. The fourth-order valence-electron chi connectivity index (χ4n) is 3.62. The van der Waals surface area contributed by atoms with Gasteiger partial charge in [-0.25, -0.2) is 4.98 Å². The lowest BCUT2D eigenvalue weighted by atomic mass is 10.1. The van der Waals surface area contributed by atoms with Gasteiger partial charge in [0.05, 0.1) is 0 Å². The first-order chi connectivity index (χ1) is 15.0. The third-order valence-electron chi connectivity index (χ3n) is 5.41. The van der Waals surface area contributed by atoms with Crippen molar-refractivity contribution in [1.82, 2.24) is 14.8 Å². The van der Waals surface area contributed by atoms with Crippen LogP contribution >= 0.6 is 27.5 Å². The summed E-state index contributed by atoms with van der Waals surface area (Å²) >= 11 is 9.18. The molecule has 2 aromatic rings. The Morgan fingerprint density at radius 2 is 2.03 bits per heavy atom. The van der Waals surface area contributed by atoms with Crippen LogP contribution in [0.4, 0.5) is 0 Å². The number of hydrogen-bond donors (Lipinski definition) is 1. The van der Waals surface area contributed by atoms with E-state index in [0.717, 1.165) is 25.2 Å². The number of aromatic nitrogens is 1. The number of carbonyl (C=O) groups is 1. The standard InChI is InChI=1S/C21H25BrClN3O5S/c1-14-11-25(12-16-3-5-18(23)6-4-16)7-8-26(14)20(27)13-31-21-19(9-17(22)10-24-21)15(2)32(28,29)30/h3-6,9-10,14-15H,7-8,11-13H2,1-2H3,(H,28,29,30). The average Bonchev–Trinajstić information content (AvgIpc) is 2.73. The fraction of sp³-hybridized carbons (Fsp3) is 0.429. The lowest BCUT2D eigenvalue weighted by Crippen LogP contribution is -2.54. The Labute approximate surface area is 201 Å². The monoisotopic (exact) mass is 545 g/mol. The number of pyridine rings is 1. The molecule has 11 heteroatoms. The highest BCUT2D eigenvalue weighted by molar-refractivity contribution is 9.10. The molecule has 1 aromatic carbocycles. The highest BCUT2D eigenvalue weighted by atomic mass is 79.9. The molecule has 2 unspecified atom stereocenters. The Bertz CT molecular complexity index is 1070. The van der Waals surface area contributed by atoms with Crippen molar-refractivity contribution in [3.63, 3.8) is 0 Å². The van der Waals surface area contributed by atoms with E-state index in [0.29, 0.717) is 16.0 Å². The molecular weight excluding hydrogens is 522 g/mol. The maximum Gasteiger partial charge on any atom is 0.271 e. The lowest BCUT2D eigenvalue weighted by molar-refractivity contribution is -0.138. The maximum absolute atomic E-state index is 12.8. The van der Waals surface area contributed by atoms with Gasteiger partial charge in [-0.1, -0.05) is 23.7 Å². The summed E-state index contributed by atoms with van der Waals surface area (Å²) < 4.78 is 38.7. The molecule has 1 saturated heterocycles. The second kappa shape index (κ2) is 10.5. The van der Waals surface area contributed by atoms with Crippen LogP contribution in [0.1, 0.15) is 30.2 Å². The van der Waals surface area contributed by atoms with Crippen molar-refractivity contribution in [2.75, 3.05) is 26.2 Å². The second-order valence-corrected chi connectivity index (χ2v) is 10.9. The summed E-state index contributed by atoms with van der Waals surface area (Å²) in [5, 5.41) is -0.542. The van der Waals surface area contributed by atoms with E-state index in [4.69, 9.17) is 16.3 Å². The number of rotatable bonds is 7. The van der Waals surface area contributed by atoms with Crippen LogP contribution in [-0.4, -0.2) is 65.9 Å². The largest absolute Gasteiger partial charge is 0.467 e. The zero-order valence-corrected chi connectivity index (χ0v) is 20.9. The van der Waals surface area contributed by atoms with Crippen LogP contribution in [-0.2, 0) is 21.5 Å². The number of benzene rings is 1. The van der Waals surface area contributed by atoms with E-state index < -0.39 is 15.4 Å². The van der Waals surface area contributed by atoms with Gasteiger partial charge in [-0.15, -0.1) is 0 Å². The molecule has 1 fully saturated rings. The maximum atomic E-state index is 12.8. The van der Waals surface area contributed by atoms with Gasteiger partial charge in [0, 0.05) is 53.5 Å². The van der Waals surface area contributed by atoms with Crippen molar-refractivity contribution < 1.29 is 22.5 Å². The molecule has 1 aliphatic heterocycles. The number of nitrogens with zero attached hydrogens (tertiary/aromatic N) is 3. The predicted octanol–water partition coefficient (Wildman–Crippen LogP) is 3.56. The summed E-state index contributed by atoms with van der Waals surface area (Å²) in [6, 6.07) is 9.21. The summed E-state index contributed by atoms with van der Waals surface area (Å²) in [6.07, 6.45) is 1.44. The van der Waals surface area contributed by atoms with Crippen LogP contribution in [0.15, 0.2) is 41.0 Å². The number of ether oxygens (including phenoxy) is 1. The third kappa shape index (κ3) is 6.41. The van der Waals surface area contributed by atoms with E-state index in [2.05, 4.69) is 25.8 Å². The molecule has 0 radical (unpaired) electrons. The third-order valence-corrected chi connectivity index (χ3v) is 7.25. The van der Waals surface area contributed by atoms with Crippen molar-refractivity contribution >= 4 is 43.6 Å². The number of amides is 1. The first kappa shape index (κ1) is 24.9. The Balaban J connectivity index is 1.60. The van der Waals surface area contributed by atoms with Crippen molar-refractivity contribution in [2.45, 2.75) is 31.7 Å². The minimum atomic E-state index is -4.35. The summed E-state index contributed by atoms with van der Waals surface area (Å²) in [6.45, 7) is 5.81. The molecule has 32 heavy (non-hydrogen) atoms. The highest BCUT2D eigenvalue weighted by Crippen LogP contribution is 2.30. The van der Waals surface area contributed by atoms with Gasteiger partial charge in [0.2, 0.25) is 5.88 Å². The average molecular weight is 547 g/mol. The van der Waals surface area contributed by atoms with Gasteiger partial charge in [0.1, 0.15) is 5.25 Å². The van der Waals surface area contributed by atoms with Gasteiger partial charge in [0.25, 0.3) is 16.0 Å². The first-order valence-corrected chi connectivity index (χ1v) is 12.7. The van der Waals surface area contributed by atoms with Gasteiger partial charge in [-0.2, -0.15) is 8.42 Å². The first-order valence-electron chi connectivity index (χ1n) is 10.1. The Morgan fingerprint density at radius 3 is 2.66 bits per heavy atom. The molecule has 0 spiro atoms. The predicted molar refractivity (Wildman–Crippen MR) is 125 cm³/mol. The molecule has 0 aliphatic carbocycles. The van der Waals surface area contributed by atoms with Gasteiger partial charge in [-0.05, 0) is 53.5 Å². The van der Waals surface area contributed by atoms with Gasteiger partial charge in [-0.3, -0.25) is 14.2 Å². The quantitative estimate of drug-likeness (QED) is 0.530. The molecule has 0 bridgehead atoms. The molecule has 3 rings (SSSR count). The molecule has 174 valence electrons. The number of piperazine rings is 1. The van der Waals surface area contributed by atoms with E-state index >= 15 is 0 Å². The summed E-state index contributed by atoms with van der Waals surface area (Å²) in [5.74, 6) is -0.209. The summed E-state index contributed by atoms with van der Waals surface area (Å²) in [5.41, 5.74) is 1.34. The van der Waals surface area contributed by atoms with Gasteiger partial charge >= 0.3 is 0 Å². The van der Waals surface area contributed by atoms with E-state index in [9.17, 15) is 17.8 Å². The van der Waals surface area contributed by atoms with E-state index in [1.54, 1.807) is 4.90 Å². The Hall–Kier alpha value is -1.72. The van der Waals surface area contributed by atoms with Gasteiger partial charge in [0.15, 0.2) is 6.61 Å². The van der Waals surface area contributed by atoms with Gasteiger partial charge < -0.3 is 9.64 Å². The number of carbonyl (C=O) groups excluding carboxylic acids is 1. The smallest absolute Gasteiger partial charge is 0.271 e. The topological polar surface area (TPSA) is 100 Å². The number of hydrogen-bond acceptors (Lipinski definition) is 6. The Kier molecular flexibility index (Phi) is 8.16. The zero-order chi connectivity index (χ0) is 23.5. The van der Waals surface area contributed by atoms with Crippen molar-refractivity contribution in [2.24, 2.45) is 0 Å². The second-order valence-electron chi connectivity index (χ2n) is 7.79. The van der Waals surface area contributed by atoms with E-state index in [-0.39, 0.29) is 30.0 Å². The molecule has 2 atom stereocenters. The Morgan fingerprint density at radius 1 is 1.34 bits per heavy atom. The van der Waals surface area contributed by atoms with Crippen LogP contribution in [0.25, 0.3) is 0 Å². The number of halogens is 2. The molecule has 1 amide bonds. The van der Waals surface area contributed by atoms with Crippen LogP contribution in [0, 0.1) is 0 Å². The highest BCUT2D eigenvalue weighted by Gasteiger charge is 2.29. The van der Waals surface area contributed by atoms with Crippen LogP contribution in [0.5, 0.6) is 5.88 Å². The zero-order valence-electron chi connectivity index (χ0n) is 17.7. The SMILES string of the molecule is CC1CN(Cc2ccc(Cl)cc2)CCN1C(=O)COc1ncc(Br)cc1C(C)S(=O)(=O)O. The normalized spacial score (nSPS) is 18.4. The minimum Gasteiger partial charge on any atom is -0.467 e.